The van der Waals surface area contributed by atoms with Crippen LogP contribution in [0.5, 0.6) is 5.75 Å². The minimum absolute atomic E-state index is 0.0693. The van der Waals surface area contributed by atoms with Gasteiger partial charge in [-0.25, -0.2) is 8.42 Å². The number of sulfone groups is 1. The van der Waals surface area contributed by atoms with Crippen LogP contribution in [0.4, 0.5) is 13.2 Å². The summed E-state index contributed by atoms with van der Waals surface area (Å²) in [6.07, 6.45) is -4.66. The first-order valence-corrected chi connectivity index (χ1v) is 9.65. The molecular weight excluding hydrogens is 359 g/mol. The molecule has 140 valence electrons. The minimum atomic E-state index is -4.59. The van der Waals surface area contributed by atoms with E-state index in [9.17, 15) is 26.4 Å². The molecule has 1 fully saturated rings. The van der Waals surface area contributed by atoms with Crippen LogP contribution >= 0.6 is 0 Å². The summed E-state index contributed by atoms with van der Waals surface area (Å²) in [5, 5.41) is 2.41. The van der Waals surface area contributed by atoms with E-state index in [2.05, 4.69) is 5.32 Å². The number of carbonyl (C=O) groups is 1. The molecule has 0 radical (unpaired) electrons. The zero-order valence-corrected chi connectivity index (χ0v) is 14.7. The fraction of sp³-hybridized carbons (Fsp3) is 0.562. The number of halogens is 3. The summed E-state index contributed by atoms with van der Waals surface area (Å²) in [5.41, 5.74) is -0.984. The summed E-state index contributed by atoms with van der Waals surface area (Å²) in [6.45, 7) is 3.08. The van der Waals surface area contributed by atoms with Gasteiger partial charge in [-0.05, 0) is 38.0 Å². The van der Waals surface area contributed by atoms with Gasteiger partial charge in [0.05, 0.1) is 29.1 Å². The van der Waals surface area contributed by atoms with Crippen molar-refractivity contribution in [3.8, 4) is 5.75 Å². The van der Waals surface area contributed by atoms with Gasteiger partial charge in [-0.15, -0.1) is 0 Å². The maximum Gasteiger partial charge on any atom is 0.416 e. The summed E-state index contributed by atoms with van der Waals surface area (Å²) in [4.78, 5) is 12.0. The van der Waals surface area contributed by atoms with Gasteiger partial charge in [-0.2, -0.15) is 13.2 Å². The molecule has 1 aromatic carbocycles. The lowest BCUT2D eigenvalue weighted by atomic mass is 10.1. The molecule has 25 heavy (non-hydrogen) atoms. The second-order valence-corrected chi connectivity index (χ2v) is 8.53. The third-order valence-corrected chi connectivity index (χ3v) is 5.58. The minimum Gasteiger partial charge on any atom is -0.491 e. The van der Waals surface area contributed by atoms with Crippen LogP contribution in [0.2, 0.25) is 0 Å². The highest BCUT2D eigenvalue weighted by Gasteiger charge is 2.35. The van der Waals surface area contributed by atoms with Crippen molar-refractivity contribution in [3.63, 3.8) is 0 Å². The van der Waals surface area contributed by atoms with Gasteiger partial charge in [0.15, 0.2) is 9.84 Å². The third kappa shape index (κ3) is 5.35. The average Bonchev–Trinajstić information content (AvgIpc) is 2.84. The van der Waals surface area contributed by atoms with Crippen LogP contribution in [-0.2, 0) is 27.4 Å². The van der Waals surface area contributed by atoms with Crippen LogP contribution in [0.25, 0.3) is 0 Å². The lowest BCUT2D eigenvalue weighted by Gasteiger charge is -2.17. The van der Waals surface area contributed by atoms with Crippen molar-refractivity contribution in [3.05, 3.63) is 29.3 Å². The summed E-state index contributed by atoms with van der Waals surface area (Å²) in [7, 11) is -3.23. The molecule has 0 aromatic heterocycles. The number of amides is 1. The molecule has 0 bridgehead atoms. The summed E-state index contributed by atoms with van der Waals surface area (Å²) in [5.74, 6) is -1.48. The molecule has 1 atom stereocenters. The molecule has 5 nitrogen and oxygen atoms in total. The van der Waals surface area contributed by atoms with E-state index >= 15 is 0 Å². The van der Waals surface area contributed by atoms with E-state index in [4.69, 9.17) is 4.74 Å². The van der Waals surface area contributed by atoms with Crippen molar-refractivity contribution in [2.24, 2.45) is 5.92 Å². The van der Waals surface area contributed by atoms with Crippen molar-refractivity contribution >= 4 is 15.7 Å². The predicted molar refractivity (Wildman–Crippen MR) is 85.8 cm³/mol. The van der Waals surface area contributed by atoms with Crippen molar-refractivity contribution in [1.29, 1.82) is 0 Å². The highest BCUT2D eigenvalue weighted by molar-refractivity contribution is 7.91. The number of hydrogen-bond donors (Lipinski definition) is 1. The Kier molecular flexibility index (Phi) is 5.65. The van der Waals surface area contributed by atoms with E-state index in [0.29, 0.717) is 0 Å². The van der Waals surface area contributed by atoms with Crippen LogP contribution in [-0.4, -0.2) is 31.9 Å². The Morgan fingerprint density at radius 1 is 1.36 bits per heavy atom. The predicted octanol–water partition coefficient (Wildman–Crippen LogP) is 2.54. The monoisotopic (exact) mass is 379 g/mol. The zero-order chi connectivity index (χ0) is 18.8. The quantitative estimate of drug-likeness (QED) is 0.853. The van der Waals surface area contributed by atoms with Crippen LogP contribution < -0.4 is 10.1 Å². The van der Waals surface area contributed by atoms with Crippen LogP contribution in [0.3, 0.4) is 0 Å². The fourth-order valence-corrected chi connectivity index (χ4v) is 4.39. The largest absolute Gasteiger partial charge is 0.491 e. The Labute approximate surface area is 144 Å². The topological polar surface area (TPSA) is 72.5 Å². The van der Waals surface area contributed by atoms with Crippen molar-refractivity contribution in [1.82, 2.24) is 5.32 Å². The molecule has 1 saturated heterocycles. The average molecular weight is 379 g/mol. The van der Waals surface area contributed by atoms with Gasteiger partial charge in [-0.3, -0.25) is 4.79 Å². The van der Waals surface area contributed by atoms with Crippen LogP contribution in [0, 0.1) is 5.92 Å². The Balaban J connectivity index is 2.12. The van der Waals surface area contributed by atoms with Crippen molar-refractivity contribution in [2.75, 3.05) is 11.5 Å². The van der Waals surface area contributed by atoms with E-state index in [1.165, 1.54) is 12.1 Å². The molecule has 0 unspecified atom stereocenters. The first kappa shape index (κ1) is 19.6. The van der Waals surface area contributed by atoms with Gasteiger partial charge in [0.25, 0.3) is 0 Å². The molecule has 1 N–H and O–H groups in total. The molecule has 0 aliphatic carbocycles. The summed E-state index contributed by atoms with van der Waals surface area (Å²) < 4.78 is 67.8. The molecule has 1 heterocycles. The molecular formula is C16H20F3NO4S. The highest BCUT2D eigenvalue weighted by Crippen LogP contribution is 2.34. The molecule has 1 amide bonds. The standard InChI is InChI=1S/C16H20F3NO4S/c1-10(2)24-13-4-3-11(14(7-13)16(17,18)19)8-20-15(21)12-5-6-25(22,23)9-12/h3-4,7,10,12H,5-6,8-9H2,1-2H3,(H,20,21)/t12-/m0/s1. The van der Waals surface area contributed by atoms with E-state index in [1.54, 1.807) is 13.8 Å². The van der Waals surface area contributed by atoms with Gasteiger partial charge in [0.1, 0.15) is 5.75 Å². The molecule has 9 heteroatoms. The second-order valence-electron chi connectivity index (χ2n) is 6.30. The summed E-state index contributed by atoms with van der Waals surface area (Å²) >= 11 is 0. The van der Waals surface area contributed by atoms with Gasteiger partial charge in [0.2, 0.25) is 5.91 Å². The molecule has 1 aliphatic heterocycles. The van der Waals surface area contributed by atoms with E-state index < -0.39 is 33.4 Å². The number of nitrogens with one attached hydrogen (secondary N) is 1. The Bertz CT molecular complexity index is 744. The van der Waals surface area contributed by atoms with E-state index in [1.807, 2.05) is 0 Å². The van der Waals surface area contributed by atoms with Gasteiger partial charge in [0, 0.05) is 6.54 Å². The number of benzene rings is 1. The van der Waals surface area contributed by atoms with E-state index in [0.717, 1.165) is 6.07 Å². The fourth-order valence-electron chi connectivity index (χ4n) is 2.65. The normalized spacial score (nSPS) is 19.8. The third-order valence-electron chi connectivity index (χ3n) is 3.81. The van der Waals surface area contributed by atoms with Crippen molar-refractivity contribution < 1.29 is 31.1 Å². The number of rotatable bonds is 5. The lowest BCUT2D eigenvalue weighted by molar-refractivity contribution is -0.138. The Morgan fingerprint density at radius 3 is 2.56 bits per heavy atom. The molecule has 1 aromatic rings. The van der Waals surface area contributed by atoms with Crippen LogP contribution in [0.1, 0.15) is 31.4 Å². The van der Waals surface area contributed by atoms with Gasteiger partial charge >= 0.3 is 6.18 Å². The first-order valence-electron chi connectivity index (χ1n) is 7.83. The number of carbonyl (C=O) groups excluding carboxylic acids is 1. The number of ether oxygens (including phenoxy) is 1. The molecule has 1 aliphatic rings. The smallest absolute Gasteiger partial charge is 0.416 e. The van der Waals surface area contributed by atoms with Gasteiger partial charge < -0.3 is 10.1 Å². The summed E-state index contributed by atoms with van der Waals surface area (Å²) in [6, 6.07) is 3.57. The second kappa shape index (κ2) is 7.23. The Morgan fingerprint density at radius 2 is 2.04 bits per heavy atom. The van der Waals surface area contributed by atoms with E-state index in [-0.39, 0.29) is 41.9 Å². The Hall–Kier alpha value is -1.77. The molecule has 0 saturated carbocycles. The lowest BCUT2D eigenvalue weighted by Crippen LogP contribution is -2.31. The maximum absolute atomic E-state index is 13.2. The number of alkyl halides is 3. The van der Waals surface area contributed by atoms with Crippen molar-refractivity contribution in [2.45, 2.75) is 39.1 Å². The molecule has 0 spiro atoms. The maximum atomic E-state index is 13.2. The zero-order valence-electron chi connectivity index (χ0n) is 13.9. The number of hydrogen-bond acceptors (Lipinski definition) is 4. The highest BCUT2D eigenvalue weighted by atomic mass is 32.2. The van der Waals surface area contributed by atoms with Gasteiger partial charge in [-0.1, -0.05) is 6.07 Å². The SMILES string of the molecule is CC(C)Oc1ccc(CNC(=O)[C@H]2CCS(=O)(=O)C2)c(C(F)(F)F)c1. The molecule has 2 rings (SSSR count). The van der Waals surface area contributed by atoms with Crippen LogP contribution in [0.15, 0.2) is 18.2 Å². The first-order chi connectivity index (χ1) is 11.5.